The molecule has 0 fully saturated rings. The maximum atomic E-state index is 12.5. The number of rotatable bonds is 6. The average molecular weight is 493 g/mol. The Balaban J connectivity index is 1.81. The minimum absolute atomic E-state index is 0.273. The van der Waals surface area contributed by atoms with Crippen molar-refractivity contribution < 1.29 is 9.90 Å². The summed E-state index contributed by atoms with van der Waals surface area (Å²) in [6.07, 6.45) is 0.613. The summed E-state index contributed by atoms with van der Waals surface area (Å²) in [6.45, 7) is 12.7. The second kappa shape index (κ2) is 10.1. The van der Waals surface area contributed by atoms with Gasteiger partial charge in [-0.1, -0.05) is 59.7 Å². The zero-order chi connectivity index (χ0) is 26.0. The average Bonchev–Trinajstić information content (AvgIpc) is 3.29. The summed E-state index contributed by atoms with van der Waals surface area (Å²) < 4.78 is 0. The van der Waals surface area contributed by atoms with Crippen LogP contribution in [0.15, 0.2) is 53.9 Å². The van der Waals surface area contributed by atoms with Crippen LogP contribution in [0.4, 0.5) is 16.2 Å². The number of benzene rings is 2. The van der Waals surface area contributed by atoms with Gasteiger partial charge in [0.05, 0.1) is 4.88 Å². The first-order valence-electron chi connectivity index (χ1n) is 11.7. The number of phenols is 1. The zero-order valence-electron chi connectivity index (χ0n) is 21.4. The zero-order valence-corrected chi connectivity index (χ0v) is 22.2. The SMILES string of the molecule is CC(C)(C)c1cc(N(CCc2ccc(NC(=N)c3cccs3)cc2)C(N)=O)cc(C(C)(C)C)c1O. The standard InChI is InChI=1S/C28H36N4O2S/c1-27(2,3)21-16-20(17-22(24(21)33)28(4,5)6)32(26(30)34)14-13-18-9-11-19(12-10-18)31-25(29)23-8-7-15-35-23/h7-12,15-17,33H,13-14H2,1-6H3,(H2,29,31)(H2,30,34). The first-order valence-corrected chi connectivity index (χ1v) is 12.6. The number of nitrogens with two attached hydrogens (primary N) is 1. The summed E-state index contributed by atoms with van der Waals surface area (Å²) in [5, 5.41) is 24.2. The number of anilines is 2. The maximum Gasteiger partial charge on any atom is 0.319 e. The normalized spacial score (nSPS) is 11.8. The van der Waals surface area contributed by atoms with Gasteiger partial charge < -0.3 is 16.2 Å². The Bertz CT molecular complexity index is 1150. The third-order valence-electron chi connectivity index (χ3n) is 5.90. The minimum atomic E-state index is -0.530. The highest BCUT2D eigenvalue weighted by molar-refractivity contribution is 7.12. The van der Waals surface area contributed by atoms with Crippen LogP contribution in [0.5, 0.6) is 5.75 Å². The molecule has 7 heteroatoms. The van der Waals surface area contributed by atoms with Gasteiger partial charge in [-0.05, 0) is 58.5 Å². The number of nitrogens with zero attached hydrogens (tertiary/aromatic N) is 1. The van der Waals surface area contributed by atoms with E-state index in [9.17, 15) is 9.90 Å². The van der Waals surface area contributed by atoms with Crippen LogP contribution in [-0.2, 0) is 17.3 Å². The molecule has 0 atom stereocenters. The van der Waals surface area contributed by atoms with Gasteiger partial charge in [0, 0.05) is 29.0 Å². The van der Waals surface area contributed by atoms with Crippen LogP contribution in [-0.4, -0.2) is 23.5 Å². The van der Waals surface area contributed by atoms with Crippen molar-refractivity contribution in [2.75, 3.05) is 16.8 Å². The van der Waals surface area contributed by atoms with Crippen molar-refractivity contribution in [2.24, 2.45) is 5.73 Å². The quantitative estimate of drug-likeness (QED) is 0.230. The van der Waals surface area contributed by atoms with Gasteiger partial charge >= 0.3 is 6.03 Å². The van der Waals surface area contributed by atoms with Crippen LogP contribution in [0.25, 0.3) is 0 Å². The van der Waals surface area contributed by atoms with Crippen LogP contribution < -0.4 is 16.0 Å². The van der Waals surface area contributed by atoms with Gasteiger partial charge in [0.15, 0.2) is 0 Å². The minimum Gasteiger partial charge on any atom is -0.507 e. The van der Waals surface area contributed by atoms with E-state index in [1.807, 2.05) is 95.5 Å². The van der Waals surface area contributed by atoms with Gasteiger partial charge in [-0.2, -0.15) is 0 Å². The van der Waals surface area contributed by atoms with Gasteiger partial charge in [-0.3, -0.25) is 10.3 Å². The van der Waals surface area contributed by atoms with E-state index in [1.165, 1.54) is 11.3 Å². The molecule has 1 heterocycles. The van der Waals surface area contributed by atoms with Gasteiger partial charge in [-0.25, -0.2) is 4.79 Å². The molecule has 0 aliphatic carbocycles. The van der Waals surface area contributed by atoms with Crippen molar-refractivity contribution in [1.29, 1.82) is 5.41 Å². The number of aromatic hydroxyl groups is 1. The van der Waals surface area contributed by atoms with Gasteiger partial charge in [0.1, 0.15) is 11.6 Å². The van der Waals surface area contributed by atoms with Gasteiger partial charge in [-0.15, -0.1) is 11.3 Å². The number of hydrogen-bond acceptors (Lipinski definition) is 4. The molecule has 0 bridgehead atoms. The van der Waals surface area contributed by atoms with E-state index in [0.29, 0.717) is 24.5 Å². The van der Waals surface area contributed by atoms with E-state index in [-0.39, 0.29) is 16.6 Å². The number of phenolic OH excluding ortho intramolecular Hbond substituents is 1. The number of carbonyl (C=O) groups is 1. The number of urea groups is 1. The Labute approximate surface area is 212 Å². The molecule has 3 aromatic rings. The second-order valence-corrected chi connectivity index (χ2v) is 11.8. The molecule has 0 unspecified atom stereocenters. The van der Waals surface area contributed by atoms with Crippen molar-refractivity contribution in [1.82, 2.24) is 0 Å². The molecule has 0 saturated carbocycles. The fourth-order valence-corrected chi connectivity index (χ4v) is 4.54. The van der Waals surface area contributed by atoms with Crippen LogP contribution in [0, 0.1) is 5.41 Å². The van der Waals surface area contributed by atoms with E-state index in [2.05, 4.69) is 5.32 Å². The van der Waals surface area contributed by atoms with Crippen molar-refractivity contribution >= 4 is 34.6 Å². The summed E-state index contributed by atoms with van der Waals surface area (Å²) in [7, 11) is 0. The lowest BCUT2D eigenvalue weighted by atomic mass is 9.79. The highest BCUT2D eigenvalue weighted by Crippen LogP contribution is 2.41. The van der Waals surface area contributed by atoms with Crippen molar-refractivity contribution in [3.8, 4) is 5.75 Å². The Morgan fingerprint density at radius 2 is 1.60 bits per heavy atom. The summed E-state index contributed by atoms with van der Waals surface area (Å²) in [5.74, 6) is 0.638. The van der Waals surface area contributed by atoms with E-state index < -0.39 is 6.03 Å². The van der Waals surface area contributed by atoms with E-state index in [0.717, 1.165) is 27.3 Å². The molecule has 186 valence electrons. The molecule has 0 radical (unpaired) electrons. The number of carbonyl (C=O) groups excluding carboxylic acids is 1. The van der Waals surface area contributed by atoms with Crippen LogP contribution in [0.3, 0.4) is 0 Å². The summed E-state index contributed by atoms with van der Waals surface area (Å²) >= 11 is 1.52. The summed E-state index contributed by atoms with van der Waals surface area (Å²) in [4.78, 5) is 14.9. The molecular weight excluding hydrogens is 456 g/mol. The third kappa shape index (κ3) is 6.42. The second-order valence-electron chi connectivity index (χ2n) is 10.8. The van der Waals surface area contributed by atoms with E-state index >= 15 is 0 Å². The molecule has 6 nitrogen and oxygen atoms in total. The Morgan fingerprint density at radius 1 is 1.03 bits per heavy atom. The Hall–Kier alpha value is -3.32. The highest BCUT2D eigenvalue weighted by Gasteiger charge is 2.28. The molecule has 0 aliphatic rings. The van der Waals surface area contributed by atoms with Crippen molar-refractivity contribution in [2.45, 2.75) is 58.8 Å². The monoisotopic (exact) mass is 492 g/mol. The number of primary amides is 1. The number of amides is 2. The molecule has 0 saturated heterocycles. The third-order valence-corrected chi connectivity index (χ3v) is 6.79. The predicted molar refractivity (Wildman–Crippen MR) is 147 cm³/mol. The fourth-order valence-electron chi connectivity index (χ4n) is 3.91. The van der Waals surface area contributed by atoms with Crippen LogP contribution in [0.2, 0.25) is 0 Å². The molecule has 35 heavy (non-hydrogen) atoms. The predicted octanol–water partition coefficient (Wildman–Crippen LogP) is 6.61. The molecular formula is C28H36N4O2S. The molecule has 0 spiro atoms. The summed E-state index contributed by atoms with van der Waals surface area (Å²) in [6, 6.07) is 14.9. The molecule has 2 amide bonds. The highest BCUT2D eigenvalue weighted by atomic mass is 32.1. The van der Waals surface area contributed by atoms with Gasteiger partial charge in [0.2, 0.25) is 0 Å². The van der Waals surface area contributed by atoms with E-state index in [1.54, 1.807) is 4.90 Å². The first-order chi connectivity index (χ1) is 16.3. The molecule has 3 rings (SSSR count). The number of thiophene rings is 1. The Morgan fingerprint density at radius 3 is 2.06 bits per heavy atom. The van der Waals surface area contributed by atoms with Crippen LogP contribution in [0.1, 0.15) is 63.1 Å². The smallest absolute Gasteiger partial charge is 0.319 e. The lowest BCUT2D eigenvalue weighted by Crippen LogP contribution is -2.37. The molecule has 1 aromatic heterocycles. The lowest BCUT2D eigenvalue weighted by molar-refractivity contribution is 0.254. The first kappa shape index (κ1) is 26.3. The van der Waals surface area contributed by atoms with E-state index in [4.69, 9.17) is 11.1 Å². The Kier molecular flexibility index (Phi) is 7.60. The summed E-state index contributed by atoms with van der Waals surface area (Å²) in [5.41, 5.74) is 9.35. The molecule has 2 aromatic carbocycles. The molecule has 5 N–H and O–H groups in total. The number of hydrogen-bond donors (Lipinski definition) is 4. The number of nitrogens with one attached hydrogen (secondary N) is 2. The largest absolute Gasteiger partial charge is 0.507 e. The lowest BCUT2D eigenvalue weighted by Gasteiger charge is -2.30. The van der Waals surface area contributed by atoms with Gasteiger partial charge in [0.25, 0.3) is 0 Å². The van der Waals surface area contributed by atoms with Crippen molar-refractivity contribution in [3.63, 3.8) is 0 Å². The molecule has 0 aliphatic heterocycles. The maximum absolute atomic E-state index is 12.5. The fraction of sp³-hybridized carbons (Fsp3) is 0.357. The topological polar surface area (TPSA) is 102 Å². The number of amidine groups is 1. The van der Waals surface area contributed by atoms with Crippen molar-refractivity contribution in [3.05, 3.63) is 75.5 Å². The van der Waals surface area contributed by atoms with Crippen LogP contribution >= 0.6 is 11.3 Å².